The molecule has 1 aromatic heterocycles. The molecule has 0 aliphatic rings. The summed E-state index contributed by atoms with van der Waals surface area (Å²) in [7, 11) is 0. The van der Waals surface area contributed by atoms with E-state index in [9.17, 15) is 5.11 Å². The molecule has 12 heavy (non-hydrogen) atoms. The normalized spacial score (nSPS) is 12.5. The third-order valence-electron chi connectivity index (χ3n) is 1.67. The Morgan fingerprint density at radius 2 is 2.42 bits per heavy atom. The van der Waals surface area contributed by atoms with Gasteiger partial charge in [-0.15, -0.1) is 6.58 Å². The van der Waals surface area contributed by atoms with Crippen molar-refractivity contribution in [3.8, 4) is 0 Å². The van der Waals surface area contributed by atoms with Crippen LogP contribution in [0, 0.1) is 6.92 Å². The number of aryl methyl sites for hydroxylation is 1. The Kier molecular flexibility index (Phi) is 3.00. The van der Waals surface area contributed by atoms with Crippen LogP contribution in [0.1, 0.15) is 23.8 Å². The van der Waals surface area contributed by atoms with Crippen molar-refractivity contribution in [3.63, 3.8) is 0 Å². The summed E-state index contributed by atoms with van der Waals surface area (Å²) >= 11 is 0. The fraction of sp³-hybridized carbons (Fsp3) is 0.300. The molecule has 0 saturated heterocycles. The molecular weight excluding hydrogens is 150 g/mol. The van der Waals surface area contributed by atoms with E-state index in [-0.39, 0.29) is 0 Å². The number of aromatic nitrogens is 1. The fourth-order valence-corrected chi connectivity index (χ4v) is 0.955. The zero-order valence-corrected chi connectivity index (χ0v) is 7.20. The zero-order chi connectivity index (χ0) is 8.97. The van der Waals surface area contributed by atoms with Crippen LogP contribution >= 0.6 is 0 Å². The van der Waals surface area contributed by atoms with Gasteiger partial charge in [-0.3, -0.25) is 4.98 Å². The van der Waals surface area contributed by atoms with E-state index in [1.807, 2.05) is 19.1 Å². The molecule has 0 saturated carbocycles. The van der Waals surface area contributed by atoms with Gasteiger partial charge in [0.25, 0.3) is 0 Å². The quantitative estimate of drug-likeness (QED) is 0.691. The number of rotatable bonds is 3. The summed E-state index contributed by atoms with van der Waals surface area (Å²) in [4.78, 5) is 4.10. The molecule has 1 atom stereocenters. The van der Waals surface area contributed by atoms with Crippen molar-refractivity contribution < 1.29 is 5.11 Å². The van der Waals surface area contributed by atoms with Crippen LogP contribution in [0.5, 0.6) is 0 Å². The summed E-state index contributed by atoms with van der Waals surface area (Å²) < 4.78 is 0. The van der Waals surface area contributed by atoms with E-state index in [0.29, 0.717) is 12.1 Å². The van der Waals surface area contributed by atoms with E-state index in [4.69, 9.17) is 0 Å². The predicted octanol–water partition coefficient (Wildman–Crippen LogP) is 2.00. The van der Waals surface area contributed by atoms with Crippen LogP contribution in [0.2, 0.25) is 0 Å². The van der Waals surface area contributed by atoms with Gasteiger partial charge < -0.3 is 5.11 Å². The molecule has 1 heterocycles. The molecule has 2 heteroatoms. The van der Waals surface area contributed by atoms with Gasteiger partial charge in [0, 0.05) is 6.20 Å². The van der Waals surface area contributed by atoms with Crippen molar-refractivity contribution in [2.24, 2.45) is 0 Å². The highest BCUT2D eigenvalue weighted by atomic mass is 16.3. The predicted molar refractivity (Wildman–Crippen MR) is 48.7 cm³/mol. The Balaban J connectivity index is 2.74. The third-order valence-corrected chi connectivity index (χ3v) is 1.67. The molecule has 64 valence electrons. The molecule has 2 nitrogen and oxygen atoms in total. The Bertz CT molecular complexity index is 253. The second-order valence-corrected chi connectivity index (χ2v) is 2.80. The largest absolute Gasteiger partial charge is 0.386 e. The van der Waals surface area contributed by atoms with Gasteiger partial charge in [-0.1, -0.05) is 12.1 Å². The topological polar surface area (TPSA) is 33.1 Å². The van der Waals surface area contributed by atoms with Crippen molar-refractivity contribution in [2.75, 3.05) is 0 Å². The van der Waals surface area contributed by atoms with E-state index < -0.39 is 6.10 Å². The van der Waals surface area contributed by atoms with Crippen LogP contribution < -0.4 is 0 Å². The van der Waals surface area contributed by atoms with Crippen molar-refractivity contribution in [2.45, 2.75) is 19.4 Å². The number of aliphatic hydroxyl groups is 1. The highest BCUT2D eigenvalue weighted by molar-refractivity contribution is 5.14. The maximum Gasteiger partial charge on any atom is 0.0993 e. The number of aliphatic hydroxyl groups excluding tert-OH is 1. The third kappa shape index (κ3) is 2.17. The van der Waals surface area contributed by atoms with Gasteiger partial charge >= 0.3 is 0 Å². The SMILES string of the molecule is C=CCC(O)c1ccc(C)cn1. The second-order valence-electron chi connectivity index (χ2n) is 2.80. The second kappa shape index (κ2) is 4.02. The van der Waals surface area contributed by atoms with E-state index in [0.717, 1.165) is 5.56 Å². The van der Waals surface area contributed by atoms with Crippen LogP contribution in [-0.2, 0) is 0 Å². The Morgan fingerprint density at radius 3 is 2.92 bits per heavy atom. The maximum atomic E-state index is 9.48. The van der Waals surface area contributed by atoms with Crippen LogP contribution in [0.15, 0.2) is 31.0 Å². The molecule has 1 unspecified atom stereocenters. The van der Waals surface area contributed by atoms with Gasteiger partial charge in [-0.2, -0.15) is 0 Å². The van der Waals surface area contributed by atoms with Gasteiger partial charge in [0.1, 0.15) is 0 Å². The van der Waals surface area contributed by atoms with Gasteiger partial charge in [0.05, 0.1) is 11.8 Å². The number of pyridine rings is 1. The minimum Gasteiger partial charge on any atom is -0.386 e. The minimum atomic E-state index is -0.511. The van der Waals surface area contributed by atoms with Crippen LogP contribution in [0.4, 0.5) is 0 Å². The van der Waals surface area contributed by atoms with E-state index >= 15 is 0 Å². The fourth-order valence-electron chi connectivity index (χ4n) is 0.955. The lowest BCUT2D eigenvalue weighted by Crippen LogP contribution is -1.98. The lowest BCUT2D eigenvalue weighted by atomic mass is 10.1. The van der Waals surface area contributed by atoms with Crippen molar-refractivity contribution in [3.05, 3.63) is 42.2 Å². The number of hydrogen-bond donors (Lipinski definition) is 1. The van der Waals surface area contributed by atoms with Gasteiger partial charge in [0.2, 0.25) is 0 Å². The summed E-state index contributed by atoms with van der Waals surface area (Å²) in [5.74, 6) is 0. The Hall–Kier alpha value is -1.15. The number of hydrogen-bond acceptors (Lipinski definition) is 2. The maximum absolute atomic E-state index is 9.48. The van der Waals surface area contributed by atoms with E-state index in [1.54, 1.807) is 12.3 Å². The van der Waals surface area contributed by atoms with Crippen LogP contribution in [-0.4, -0.2) is 10.1 Å². The first kappa shape index (κ1) is 8.94. The first-order valence-electron chi connectivity index (χ1n) is 3.95. The standard InChI is InChI=1S/C10H13NO/c1-3-4-10(12)9-6-5-8(2)7-11-9/h3,5-7,10,12H,1,4H2,2H3. The summed E-state index contributed by atoms with van der Waals surface area (Å²) in [5.41, 5.74) is 1.81. The molecule has 0 fully saturated rings. The smallest absolute Gasteiger partial charge is 0.0993 e. The molecule has 1 N–H and O–H groups in total. The molecule has 0 aromatic carbocycles. The molecule has 0 radical (unpaired) electrons. The average Bonchev–Trinajstić information content (AvgIpc) is 2.06. The van der Waals surface area contributed by atoms with Gasteiger partial charge in [0.15, 0.2) is 0 Å². The molecular formula is C10H13NO. The zero-order valence-electron chi connectivity index (χ0n) is 7.20. The van der Waals surface area contributed by atoms with Crippen molar-refractivity contribution >= 4 is 0 Å². The van der Waals surface area contributed by atoms with Gasteiger partial charge in [-0.25, -0.2) is 0 Å². The molecule has 0 spiro atoms. The van der Waals surface area contributed by atoms with Gasteiger partial charge in [-0.05, 0) is 25.0 Å². The summed E-state index contributed by atoms with van der Waals surface area (Å²) in [5, 5.41) is 9.48. The first-order chi connectivity index (χ1) is 5.74. The van der Waals surface area contributed by atoms with Crippen LogP contribution in [0.3, 0.4) is 0 Å². The van der Waals surface area contributed by atoms with E-state index in [1.165, 1.54) is 0 Å². The van der Waals surface area contributed by atoms with Crippen molar-refractivity contribution in [1.29, 1.82) is 0 Å². The minimum absolute atomic E-state index is 0.511. The summed E-state index contributed by atoms with van der Waals surface area (Å²) in [6, 6.07) is 3.78. The first-order valence-corrected chi connectivity index (χ1v) is 3.95. The van der Waals surface area contributed by atoms with Crippen LogP contribution in [0.25, 0.3) is 0 Å². The monoisotopic (exact) mass is 163 g/mol. The highest BCUT2D eigenvalue weighted by Gasteiger charge is 2.04. The molecule has 1 rings (SSSR count). The molecule has 0 aliphatic heterocycles. The van der Waals surface area contributed by atoms with E-state index in [2.05, 4.69) is 11.6 Å². The average molecular weight is 163 g/mol. The summed E-state index contributed by atoms with van der Waals surface area (Å²) in [6.45, 7) is 5.52. The Labute approximate surface area is 72.6 Å². The number of nitrogens with zero attached hydrogens (tertiary/aromatic N) is 1. The molecule has 0 bridgehead atoms. The molecule has 1 aromatic rings. The van der Waals surface area contributed by atoms with Crippen molar-refractivity contribution in [1.82, 2.24) is 4.98 Å². The lowest BCUT2D eigenvalue weighted by Gasteiger charge is -2.06. The Morgan fingerprint density at radius 1 is 1.67 bits per heavy atom. The molecule has 0 aliphatic carbocycles. The highest BCUT2D eigenvalue weighted by Crippen LogP contribution is 2.13. The summed E-state index contributed by atoms with van der Waals surface area (Å²) in [6.07, 6.45) is 3.48. The molecule has 0 amide bonds. The lowest BCUT2D eigenvalue weighted by molar-refractivity contribution is 0.177.